The van der Waals surface area contributed by atoms with Crippen molar-refractivity contribution in [2.45, 2.75) is 33.3 Å². The van der Waals surface area contributed by atoms with Crippen molar-refractivity contribution in [3.63, 3.8) is 0 Å². The Hall–Kier alpha value is -2.76. The van der Waals surface area contributed by atoms with Gasteiger partial charge in [0.25, 0.3) is 0 Å². The van der Waals surface area contributed by atoms with Gasteiger partial charge in [0.05, 0.1) is 5.69 Å². The van der Waals surface area contributed by atoms with Gasteiger partial charge in [0.1, 0.15) is 5.75 Å². The van der Waals surface area contributed by atoms with E-state index in [1.54, 1.807) is 12.1 Å². The molecule has 2 aromatic rings. The van der Waals surface area contributed by atoms with Crippen LogP contribution in [0.2, 0.25) is 0 Å². The second-order valence-corrected chi connectivity index (χ2v) is 5.66. The summed E-state index contributed by atoms with van der Waals surface area (Å²) >= 11 is 0. The summed E-state index contributed by atoms with van der Waals surface area (Å²) in [6.07, 6.45) is -0.0107. The number of nitrogens with one attached hydrogen (secondary N) is 1. The minimum Gasteiger partial charge on any atom is -0.433 e. The molecule has 0 spiro atoms. The highest BCUT2D eigenvalue weighted by molar-refractivity contribution is 6.01. The van der Waals surface area contributed by atoms with Crippen LogP contribution in [0.15, 0.2) is 42.5 Å². The van der Waals surface area contributed by atoms with Crippen molar-refractivity contribution < 1.29 is 23.1 Å². The summed E-state index contributed by atoms with van der Waals surface area (Å²) in [5.74, 6) is -0.691. The molecule has 0 saturated carbocycles. The first-order valence-corrected chi connectivity index (χ1v) is 7.81. The summed E-state index contributed by atoms with van der Waals surface area (Å²) in [5.41, 5.74) is 2.56. The molecule has 0 aliphatic rings. The summed E-state index contributed by atoms with van der Waals surface area (Å²) in [5, 5.41) is 2.50. The quantitative estimate of drug-likeness (QED) is 0.750. The Morgan fingerprint density at radius 1 is 1.08 bits per heavy atom. The van der Waals surface area contributed by atoms with Gasteiger partial charge in [-0.25, -0.2) is 0 Å². The first-order chi connectivity index (χ1) is 11.9. The Bertz CT molecular complexity index is 775. The van der Waals surface area contributed by atoms with E-state index in [4.69, 9.17) is 0 Å². The molecule has 4 nitrogen and oxygen atoms in total. The number of benzene rings is 2. The fourth-order valence-corrected chi connectivity index (χ4v) is 2.38. The van der Waals surface area contributed by atoms with Crippen LogP contribution in [0.4, 0.5) is 14.5 Å². The maximum absolute atomic E-state index is 12.4. The molecule has 0 aliphatic heterocycles. The summed E-state index contributed by atoms with van der Waals surface area (Å²) < 4.78 is 29.1. The van der Waals surface area contributed by atoms with Crippen LogP contribution >= 0.6 is 0 Å². The monoisotopic (exact) mass is 347 g/mol. The van der Waals surface area contributed by atoms with Gasteiger partial charge < -0.3 is 10.1 Å². The molecule has 0 aliphatic carbocycles. The highest BCUT2D eigenvalue weighted by Gasteiger charge is 2.14. The molecule has 0 bridgehead atoms. The third kappa shape index (κ3) is 5.38. The van der Waals surface area contributed by atoms with E-state index in [9.17, 15) is 18.4 Å². The van der Waals surface area contributed by atoms with Gasteiger partial charge in [-0.3, -0.25) is 9.59 Å². The average Bonchev–Trinajstić information content (AvgIpc) is 2.56. The van der Waals surface area contributed by atoms with Crippen LogP contribution in [0.1, 0.15) is 34.3 Å². The van der Waals surface area contributed by atoms with Crippen molar-refractivity contribution in [3.05, 3.63) is 59.2 Å². The fourth-order valence-electron chi connectivity index (χ4n) is 2.38. The first-order valence-electron chi connectivity index (χ1n) is 7.81. The number of carbonyl (C=O) groups is 2. The minimum atomic E-state index is -2.98. The standard InChI is InChI=1S/C19H19F2NO3/c1-12-7-8-13(2)14(11-12)16(23)9-10-18(24)22-15-5-3-4-6-17(15)25-19(20)21/h3-8,11,19H,9-10H2,1-2H3,(H,22,24). The molecule has 0 saturated heterocycles. The molecule has 2 aromatic carbocycles. The number of ether oxygens (including phenoxy) is 1. The smallest absolute Gasteiger partial charge is 0.387 e. The third-order valence-corrected chi connectivity index (χ3v) is 3.65. The number of hydrogen-bond donors (Lipinski definition) is 1. The van der Waals surface area contributed by atoms with Gasteiger partial charge in [0, 0.05) is 18.4 Å². The number of halogens is 2. The van der Waals surface area contributed by atoms with Crippen LogP contribution in [0.3, 0.4) is 0 Å². The summed E-state index contributed by atoms with van der Waals surface area (Å²) in [7, 11) is 0. The Labute approximate surface area is 144 Å². The van der Waals surface area contributed by atoms with E-state index < -0.39 is 12.5 Å². The van der Waals surface area contributed by atoms with Gasteiger partial charge in [0.2, 0.25) is 5.91 Å². The van der Waals surface area contributed by atoms with Crippen LogP contribution in [0.25, 0.3) is 0 Å². The topological polar surface area (TPSA) is 55.4 Å². The largest absolute Gasteiger partial charge is 0.433 e. The summed E-state index contributed by atoms with van der Waals surface area (Å²) in [6, 6.07) is 11.5. The van der Waals surface area contributed by atoms with Crippen molar-refractivity contribution in [2.24, 2.45) is 0 Å². The molecule has 132 valence electrons. The van der Waals surface area contributed by atoms with E-state index in [0.29, 0.717) is 5.56 Å². The molecule has 1 amide bonds. The SMILES string of the molecule is Cc1ccc(C)c(C(=O)CCC(=O)Nc2ccccc2OC(F)F)c1. The molecule has 0 fully saturated rings. The van der Waals surface area contributed by atoms with E-state index in [1.165, 1.54) is 18.2 Å². The van der Waals surface area contributed by atoms with Crippen LogP contribution < -0.4 is 10.1 Å². The number of alkyl halides is 2. The molecule has 0 aromatic heterocycles. The van der Waals surface area contributed by atoms with Gasteiger partial charge >= 0.3 is 6.61 Å². The number of anilines is 1. The highest BCUT2D eigenvalue weighted by Crippen LogP contribution is 2.25. The first kappa shape index (κ1) is 18.6. The van der Waals surface area contributed by atoms with E-state index >= 15 is 0 Å². The van der Waals surface area contributed by atoms with Crippen molar-refractivity contribution in [2.75, 3.05) is 5.32 Å². The molecule has 0 radical (unpaired) electrons. The zero-order chi connectivity index (χ0) is 18.4. The third-order valence-electron chi connectivity index (χ3n) is 3.65. The second kappa shape index (κ2) is 8.37. The number of Topliss-reactive ketones (excluding diaryl/α,β-unsaturated/α-hetero) is 1. The van der Waals surface area contributed by atoms with E-state index in [0.717, 1.165) is 11.1 Å². The highest BCUT2D eigenvalue weighted by atomic mass is 19.3. The number of aryl methyl sites for hydroxylation is 2. The maximum Gasteiger partial charge on any atom is 0.387 e. The van der Waals surface area contributed by atoms with E-state index in [-0.39, 0.29) is 30.1 Å². The molecule has 25 heavy (non-hydrogen) atoms. The van der Waals surface area contributed by atoms with Gasteiger partial charge in [-0.05, 0) is 37.6 Å². The van der Waals surface area contributed by atoms with Crippen LogP contribution in [0.5, 0.6) is 5.75 Å². The Kier molecular flexibility index (Phi) is 6.22. The van der Waals surface area contributed by atoms with Gasteiger partial charge in [-0.2, -0.15) is 8.78 Å². The molecule has 6 heteroatoms. The maximum atomic E-state index is 12.4. The van der Waals surface area contributed by atoms with E-state index in [1.807, 2.05) is 26.0 Å². The van der Waals surface area contributed by atoms with Gasteiger partial charge in [-0.1, -0.05) is 29.8 Å². The van der Waals surface area contributed by atoms with Gasteiger partial charge in [-0.15, -0.1) is 0 Å². The summed E-state index contributed by atoms with van der Waals surface area (Å²) in [4.78, 5) is 24.3. The molecule has 0 atom stereocenters. The predicted octanol–water partition coefficient (Wildman–Crippen LogP) is 4.51. The number of carbonyl (C=O) groups excluding carboxylic acids is 2. The van der Waals surface area contributed by atoms with Crippen molar-refractivity contribution in [3.8, 4) is 5.75 Å². The fraction of sp³-hybridized carbons (Fsp3) is 0.263. The van der Waals surface area contributed by atoms with Crippen LogP contribution in [-0.4, -0.2) is 18.3 Å². The Balaban J connectivity index is 1.97. The van der Waals surface area contributed by atoms with Crippen molar-refractivity contribution >= 4 is 17.4 Å². The lowest BCUT2D eigenvalue weighted by Gasteiger charge is -2.11. The lowest BCUT2D eigenvalue weighted by molar-refractivity contribution is -0.116. The lowest BCUT2D eigenvalue weighted by atomic mass is 9.99. The summed E-state index contributed by atoms with van der Waals surface area (Å²) in [6.45, 7) is 0.747. The normalized spacial score (nSPS) is 10.6. The van der Waals surface area contributed by atoms with Crippen molar-refractivity contribution in [1.82, 2.24) is 0 Å². The average molecular weight is 347 g/mol. The number of amides is 1. The molecule has 2 rings (SSSR count). The minimum absolute atomic E-state index is 0.0357. The number of rotatable bonds is 7. The zero-order valence-electron chi connectivity index (χ0n) is 14.0. The molecule has 0 heterocycles. The van der Waals surface area contributed by atoms with Gasteiger partial charge in [0.15, 0.2) is 5.78 Å². The Morgan fingerprint density at radius 2 is 1.80 bits per heavy atom. The second-order valence-electron chi connectivity index (χ2n) is 5.66. The number of ketones is 1. The Morgan fingerprint density at radius 3 is 2.52 bits per heavy atom. The number of para-hydroxylation sites is 2. The number of hydrogen-bond acceptors (Lipinski definition) is 3. The van der Waals surface area contributed by atoms with Crippen LogP contribution in [0, 0.1) is 13.8 Å². The molecule has 1 N–H and O–H groups in total. The molecule has 0 unspecified atom stereocenters. The molecular formula is C19H19F2NO3. The zero-order valence-corrected chi connectivity index (χ0v) is 14.0. The van der Waals surface area contributed by atoms with Crippen molar-refractivity contribution in [1.29, 1.82) is 0 Å². The van der Waals surface area contributed by atoms with Crippen LogP contribution in [-0.2, 0) is 4.79 Å². The predicted molar refractivity (Wildman–Crippen MR) is 91.2 cm³/mol. The van der Waals surface area contributed by atoms with E-state index in [2.05, 4.69) is 10.1 Å². The lowest BCUT2D eigenvalue weighted by Crippen LogP contribution is -2.15. The molecular weight excluding hydrogens is 328 g/mol.